The largest absolute Gasteiger partial charge is 0.339 e. The molecule has 0 fully saturated rings. The Morgan fingerprint density at radius 1 is 1.40 bits per heavy atom. The van der Waals surface area contributed by atoms with Gasteiger partial charge in [-0.15, -0.1) is 0 Å². The maximum absolute atomic E-state index is 12.5. The number of nitro groups is 1. The van der Waals surface area contributed by atoms with Crippen molar-refractivity contribution in [3.8, 4) is 0 Å². The molecular formula is C14H19IN2O3. The SMILES string of the molecule is CC(C)CC(C)N(C)C(=O)c1cc([N+](=O)[O-])ccc1I. The molecule has 0 bridgehead atoms. The van der Waals surface area contributed by atoms with Crippen LogP contribution in [0.2, 0.25) is 0 Å². The fourth-order valence-corrected chi connectivity index (χ4v) is 2.59. The Balaban J connectivity index is 3.02. The predicted molar refractivity (Wildman–Crippen MR) is 86.8 cm³/mol. The van der Waals surface area contributed by atoms with Gasteiger partial charge in [0, 0.05) is 28.8 Å². The molecule has 0 aromatic heterocycles. The highest BCUT2D eigenvalue weighted by Gasteiger charge is 2.22. The molecule has 1 unspecified atom stereocenters. The van der Waals surface area contributed by atoms with E-state index in [2.05, 4.69) is 13.8 Å². The number of hydrogen-bond donors (Lipinski definition) is 0. The molecule has 5 nitrogen and oxygen atoms in total. The van der Waals surface area contributed by atoms with Crippen LogP contribution >= 0.6 is 22.6 Å². The molecule has 0 saturated heterocycles. The van der Waals surface area contributed by atoms with Gasteiger partial charge in [-0.05, 0) is 47.9 Å². The third-order valence-corrected chi connectivity index (χ3v) is 4.13. The van der Waals surface area contributed by atoms with Crippen molar-refractivity contribution in [3.63, 3.8) is 0 Å². The van der Waals surface area contributed by atoms with Crippen molar-refractivity contribution in [2.24, 2.45) is 5.92 Å². The van der Waals surface area contributed by atoms with Crippen molar-refractivity contribution in [1.29, 1.82) is 0 Å². The summed E-state index contributed by atoms with van der Waals surface area (Å²) in [6.07, 6.45) is 0.897. The number of nitrogens with zero attached hydrogens (tertiary/aromatic N) is 2. The molecule has 0 saturated carbocycles. The summed E-state index contributed by atoms with van der Waals surface area (Å²) in [6.45, 7) is 6.19. The normalized spacial score (nSPS) is 12.3. The standard InChI is InChI=1S/C14H19IN2O3/c1-9(2)7-10(3)16(4)14(18)12-8-11(17(19)20)5-6-13(12)15/h5-6,8-10H,7H2,1-4H3. The van der Waals surface area contributed by atoms with Crippen LogP contribution in [0, 0.1) is 19.6 Å². The topological polar surface area (TPSA) is 63.5 Å². The molecule has 0 radical (unpaired) electrons. The summed E-state index contributed by atoms with van der Waals surface area (Å²) >= 11 is 2.03. The molecule has 1 atom stereocenters. The van der Waals surface area contributed by atoms with E-state index in [-0.39, 0.29) is 17.6 Å². The molecule has 1 amide bonds. The van der Waals surface area contributed by atoms with E-state index in [9.17, 15) is 14.9 Å². The molecule has 110 valence electrons. The van der Waals surface area contributed by atoms with Gasteiger partial charge in [-0.25, -0.2) is 0 Å². The lowest BCUT2D eigenvalue weighted by molar-refractivity contribution is -0.384. The van der Waals surface area contributed by atoms with E-state index in [4.69, 9.17) is 0 Å². The summed E-state index contributed by atoms with van der Waals surface area (Å²) in [7, 11) is 1.74. The van der Waals surface area contributed by atoms with Gasteiger partial charge in [-0.3, -0.25) is 14.9 Å². The fraction of sp³-hybridized carbons (Fsp3) is 0.500. The average Bonchev–Trinajstić information content (AvgIpc) is 2.36. The molecule has 0 spiro atoms. The monoisotopic (exact) mass is 390 g/mol. The Morgan fingerprint density at radius 2 is 2.00 bits per heavy atom. The van der Waals surface area contributed by atoms with Gasteiger partial charge in [0.15, 0.2) is 0 Å². The lowest BCUT2D eigenvalue weighted by atomic mass is 10.0. The zero-order valence-corrected chi connectivity index (χ0v) is 14.2. The highest BCUT2D eigenvalue weighted by atomic mass is 127. The van der Waals surface area contributed by atoms with E-state index < -0.39 is 4.92 Å². The third-order valence-electron chi connectivity index (χ3n) is 3.19. The van der Waals surface area contributed by atoms with E-state index >= 15 is 0 Å². The number of halogens is 1. The quantitative estimate of drug-likeness (QED) is 0.438. The second-order valence-electron chi connectivity index (χ2n) is 5.32. The maximum Gasteiger partial charge on any atom is 0.270 e. The second kappa shape index (κ2) is 7.01. The number of hydrogen-bond acceptors (Lipinski definition) is 3. The van der Waals surface area contributed by atoms with Crippen LogP contribution in [-0.2, 0) is 0 Å². The van der Waals surface area contributed by atoms with E-state index in [1.54, 1.807) is 18.0 Å². The Bertz CT molecular complexity index is 517. The highest BCUT2D eigenvalue weighted by Crippen LogP contribution is 2.22. The van der Waals surface area contributed by atoms with E-state index in [0.717, 1.165) is 9.99 Å². The Morgan fingerprint density at radius 3 is 2.50 bits per heavy atom. The number of carbonyl (C=O) groups is 1. The number of benzene rings is 1. The smallest absolute Gasteiger partial charge is 0.270 e. The molecule has 6 heteroatoms. The molecule has 20 heavy (non-hydrogen) atoms. The molecule has 0 aliphatic rings. The first-order valence-electron chi connectivity index (χ1n) is 6.45. The minimum absolute atomic E-state index is 0.0568. The van der Waals surface area contributed by atoms with Crippen LogP contribution in [-0.4, -0.2) is 28.8 Å². The fourth-order valence-electron chi connectivity index (χ4n) is 2.02. The Hall–Kier alpha value is -1.18. The van der Waals surface area contributed by atoms with Crippen molar-refractivity contribution < 1.29 is 9.72 Å². The van der Waals surface area contributed by atoms with Crippen molar-refractivity contribution in [3.05, 3.63) is 37.4 Å². The lowest BCUT2D eigenvalue weighted by Gasteiger charge is -2.26. The molecule has 0 aliphatic carbocycles. The van der Waals surface area contributed by atoms with Crippen LogP contribution in [0.25, 0.3) is 0 Å². The summed E-state index contributed by atoms with van der Waals surface area (Å²) in [4.78, 5) is 24.4. The first-order valence-corrected chi connectivity index (χ1v) is 7.53. The van der Waals surface area contributed by atoms with Gasteiger partial charge in [0.25, 0.3) is 11.6 Å². The van der Waals surface area contributed by atoms with Gasteiger partial charge in [0.2, 0.25) is 0 Å². The van der Waals surface area contributed by atoms with Crippen LogP contribution in [0.5, 0.6) is 0 Å². The van der Waals surface area contributed by atoms with Gasteiger partial charge >= 0.3 is 0 Å². The molecule has 1 aromatic rings. The molecule has 1 rings (SSSR count). The highest BCUT2D eigenvalue weighted by molar-refractivity contribution is 14.1. The number of non-ortho nitro benzene ring substituents is 1. The molecule has 0 aliphatic heterocycles. The van der Waals surface area contributed by atoms with Crippen molar-refractivity contribution in [2.45, 2.75) is 33.2 Å². The van der Waals surface area contributed by atoms with Crippen LogP contribution < -0.4 is 0 Å². The first-order chi connectivity index (χ1) is 9.23. The third kappa shape index (κ3) is 4.16. The average molecular weight is 390 g/mol. The first kappa shape index (κ1) is 16.9. The zero-order valence-electron chi connectivity index (χ0n) is 12.1. The number of nitro benzene ring substituents is 1. The van der Waals surface area contributed by atoms with E-state index in [1.807, 2.05) is 29.5 Å². The molecular weight excluding hydrogens is 371 g/mol. The van der Waals surface area contributed by atoms with E-state index in [0.29, 0.717) is 11.5 Å². The van der Waals surface area contributed by atoms with Gasteiger partial charge in [-0.1, -0.05) is 13.8 Å². The van der Waals surface area contributed by atoms with Crippen LogP contribution in [0.3, 0.4) is 0 Å². The molecule has 1 aromatic carbocycles. The maximum atomic E-state index is 12.5. The van der Waals surface area contributed by atoms with E-state index in [1.165, 1.54) is 12.1 Å². The molecule has 0 heterocycles. The van der Waals surface area contributed by atoms with Crippen LogP contribution in [0.1, 0.15) is 37.6 Å². The number of rotatable bonds is 5. The van der Waals surface area contributed by atoms with Gasteiger partial charge in [-0.2, -0.15) is 0 Å². The summed E-state index contributed by atoms with van der Waals surface area (Å²) < 4.78 is 0.724. The summed E-state index contributed by atoms with van der Waals surface area (Å²) in [5, 5.41) is 10.8. The predicted octanol–water partition coefficient (Wildman–Crippen LogP) is 3.71. The van der Waals surface area contributed by atoms with Gasteiger partial charge < -0.3 is 4.90 Å². The molecule has 0 N–H and O–H groups in total. The minimum atomic E-state index is -0.482. The van der Waals surface area contributed by atoms with Crippen molar-refractivity contribution in [2.75, 3.05) is 7.05 Å². The number of amides is 1. The van der Waals surface area contributed by atoms with Crippen molar-refractivity contribution in [1.82, 2.24) is 4.90 Å². The summed E-state index contributed by atoms with van der Waals surface area (Å²) in [6, 6.07) is 4.46. The second-order valence-corrected chi connectivity index (χ2v) is 6.48. The van der Waals surface area contributed by atoms with Crippen LogP contribution in [0.4, 0.5) is 5.69 Å². The number of carbonyl (C=O) groups excluding carboxylic acids is 1. The van der Waals surface area contributed by atoms with Crippen molar-refractivity contribution >= 4 is 34.2 Å². The lowest BCUT2D eigenvalue weighted by Crippen LogP contribution is -2.36. The van der Waals surface area contributed by atoms with Gasteiger partial charge in [0.05, 0.1) is 10.5 Å². The van der Waals surface area contributed by atoms with Gasteiger partial charge in [0.1, 0.15) is 0 Å². The zero-order chi connectivity index (χ0) is 15.4. The van der Waals surface area contributed by atoms with Crippen LogP contribution in [0.15, 0.2) is 18.2 Å². The minimum Gasteiger partial charge on any atom is -0.339 e. The summed E-state index contributed by atoms with van der Waals surface area (Å²) in [5.74, 6) is 0.315. The Labute approximate surface area is 132 Å². The Kier molecular flexibility index (Phi) is 5.91. The summed E-state index contributed by atoms with van der Waals surface area (Å²) in [5.41, 5.74) is 0.330.